The van der Waals surface area contributed by atoms with Crippen molar-refractivity contribution in [2.75, 3.05) is 4.90 Å². The van der Waals surface area contributed by atoms with Crippen LogP contribution in [0.5, 0.6) is 11.8 Å². The number of rotatable bonds is 5. The molecule has 8 aliphatic carbocycles. The Labute approximate surface area is 290 Å². The fourth-order valence-electron chi connectivity index (χ4n) is 13.4. The van der Waals surface area contributed by atoms with Gasteiger partial charge in [0.2, 0.25) is 0 Å². The van der Waals surface area contributed by atoms with Crippen LogP contribution in [0.2, 0.25) is 0 Å². The normalized spacial score (nSPS) is 35.7. The van der Waals surface area contributed by atoms with Crippen LogP contribution in [-0.2, 0) is 16.2 Å². The van der Waals surface area contributed by atoms with Crippen molar-refractivity contribution in [3.8, 4) is 11.8 Å². The second-order valence-electron chi connectivity index (χ2n) is 18.2. The van der Waals surface area contributed by atoms with Gasteiger partial charge in [0.05, 0.1) is 17.1 Å². The van der Waals surface area contributed by atoms with E-state index >= 15 is 0 Å². The number of anilines is 3. The summed E-state index contributed by atoms with van der Waals surface area (Å²) in [6, 6.07) is 26.7. The summed E-state index contributed by atoms with van der Waals surface area (Å²) >= 11 is 0. The minimum absolute atomic E-state index is 0.0860. The molecule has 5 nitrogen and oxygen atoms in total. The van der Waals surface area contributed by atoms with E-state index in [0.29, 0.717) is 6.01 Å². The van der Waals surface area contributed by atoms with E-state index in [1.807, 2.05) is 0 Å². The van der Waals surface area contributed by atoms with Crippen molar-refractivity contribution in [3.63, 3.8) is 0 Å². The van der Waals surface area contributed by atoms with Crippen molar-refractivity contribution in [3.05, 3.63) is 95.6 Å². The molecule has 49 heavy (non-hydrogen) atoms. The molecule has 250 valence electrons. The second kappa shape index (κ2) is 10.2. The maximum atomic E-state index is 7.05. The quantitative estimate of drug-likeness (QED) is 0.216. The van der Waals surface area contributed by atoms with Gasteiger partial charge in [-0.1, -0.05) is 62.4 Å². The van der Waals surface area contributed by atoms with Crippen LogP contribution in [0, 0.1) is 35.5 Å². The van der Waals surface area contributed by atoms with Gasteiger partial charge in [-0.2, -0.15) is 9.97 Å². The molecule has 0 radical (unpaired) electrons. The molecule has 0 N–H and O–H groups in total. The summed E-state index contributed by atoms with van der Waals surface area (Å²) in [5, 5.41) is 0. The van der Waals surface area contributed by atoms with E-state index in [-0.39, 0.29) is 16.2 Å². The van der Waals surface area contributed by atoms with Gasteiger partial charge < -0.3 is 9.64 Å². The van der Waals surface area contributed by atoms with Gasteiger partial charge in [0, 0.05) is 16.2 Å². The van der Waals surface area contributed by atoms with Crippen molar-refractivity contribution in [2.45, 2.75) is 107 Å². The number of aromatic nitrogens is 3. The molecule has 0 unspecified atom stereocenters. The van der Waals surface area contributed by atoms with Crippen molar-refractivity contribution >= 4 is 17.1 Å². The number of ether oxygens (including phenoxy) is 1. The van der Waals surface area contributed by atoms with E-state index in [0.717, 1.165) is 58.6 Å². The highest BCUT2D eigenvalue weighted by atomic mass is 16.5. The van der Waals surface area contributed by atoms with Gasteiger partial charge >= 0.3 is 6.01 Å². The Balaban J connectivity index is 1.05. The molecule has 1 aliphatic heterocycles. The SMILES string of the molecule is CC1(C)c2ccccc2N(c2ccccc2Oc2nc(C34CC5CC(CC(C5)C3)C4)nc(C34CC5CC(CC(C5)C3)C4)n2)c2ccccc21. The first-order valence-corrected chi connectivity index (χ1v) is 19.4. The first kappa shape index (κ1) is 29.0. The monoisotopic (exact) mass is 648 g/mol. The van der Waals surface area contributed by atoms with E-state index in [1.54, 1.807) is 0 Å². The van der Waals surface area contributed by atoms with Gasteiger partial charge in [-0.25, -0.2) is 4.98 Å². The zero-order valence-electron chi connectivity index (χ0n) is 29.1. The standard InChI is InChI=1S/C44H48N4O/c1-42(2)33-9-3-5-11-35(33)48(36-12-6-4-10-34(36)42)37-13-7-8-14-38(37)49-41-46-39(43-21-27-15-28(22-43)17-29(16-27)23-43)45-40(47-41)44-24-30-18-31(25-44)20-32(19-30)26-44/h3-14,27-32H,15-26H2,1-2H3. The number of benzene rings is 3. The molecule has 0 amide bonds. The molecule has 3 aromatic carbocycles. The molecule has 8 bridgehead atoms. The Morgan fingerprint density at radius 1 is 0.510 bits per heavy atom. The summed E-state index contributed by atoms with van der Waals surface area (Å²) in [7, 11) is 0. The first-order valence-electron chi connectivity index (χ1n) is 19.4. The summed E-state index contributed by atoms with van der Waals surface area (Å²) in [5.41, 5.74) is 6.10. The molecule has 2 heterocycles. The minimum Gasteiger partial charge on any atom is -0.422 e. The highest BCUT2D eigenvalue weighted by Crippen LogP contribution is 2.63. The fourth-order valence-corrected chi connectivity index (χ4v) is 13.4. The molecular weight excluding hydrogens is 601 g/mol. The van der Waals surface area contributed by atoms with Crippen LogP contribution < -0.4 is 9.64 Å². The van der Waals surface area contributed by atoms with E-state index in [1.165, 1.54) is 99.6 Å². The number of nitrogens with zero attached hydrogens (tertiary/aromatic N) is 4. The first-order chi connectivity index (χ1) is 23.8. The summed E-state index contributed by atoms with van der Waals surface area (Å²) in [6.07, 6.45) is 16.0. The van der Waals surface area contributed by atoms with Crippen LogP contribution in [0.25, 0.3) is 0 Å². The van der Waals surface area contributed by atoms with Crippen LogP contribution >= 0.6 is 0 Å². The molecule has 0 spiro atoms. The highest BCUT2D eigenvalue weighted by molar-refractivity contribution is 5.87. The molecule has 8 saturated carbocycles. The van der Waals surface area contributed by atoms with Gasteiger partial charge in [0.1, 0.15) is 11.6 Å². The Morgan fingerprint density at radius 2 is 0.898 bits per heavy atom. The lowest BCUT2D eigenvalue weighted by Gasteiger charge is -2.57. The van der Waals surface area contributed by atoms with E-state index in [9.17, 15) is 0 Å². The van der Waals surface area contributed by atoms with Crippen molar-refractivity contribution in [1.29, 1.82) is 0 Å². The molecular formula is C44H48N4O. The van der Waals surface area contributed by atoms with Crippen LogP contribution in [-0.4, -0.2) is 15.0 Å². The van der Waals surface area contributed by atoms with Crippen molar-refractivity contribution in [1.82, 2.24) is 15.0 Å². The number of fused-ring (bicyclic) bond motifs is 2. The third-order valence-electron chi connectivity index (χ3n) is 14.6. The summed E-state index contributed by atoms with van der Waals surface area (Å²) in [5.74, 6) is 7.93. The molecule has 1 aromatic heterocycles. The second-order valence-corrected chi connectivity index (χ2v) is 18.2. The highest BCUT2D eigenvalue weighted by Gasteiger charge is 2.56. The number of hydrogen-bond donors (Lipinski definition) is 0. The predicted octanol–water partition coefficient (Wildman–Crippen LogP) is 10.7. The molecule has 0 atom stereocenters. The van der Waals surface area contributed by atoms with Gasteiger partial charge in [-0.3, -0.25) is 0 Å². The molecule has 5 heteroatoms. The lowest BCUT2D eigenvalue weighted by Crippen LogP contribution is -2.51. The maximum absolute atomic E-state index is 7.05. The third kappa shape index (κ3) is 4.32. The van der Waals surface area contributed by atoms with Crippen LogP contribution in [0.15, 0.2) is 72.8 Å². The van der Waals surface area contributed by atoms with Gasteiger partial charge in [-0.05, 0) is 148 Å². The molecule has 13 rings (SSSR count). The van der Waals surface area contributed by atoms with Crippen LogP contribution in [0.3, 0.4) is 0 Å². The Kier molecular flexibility index (Phi) is 6.03. The number of para-hydroxylation sites is 4. The molecule has 4 aromatic rings. The summed E-state index contributed by atoms with van der Waals surface area (Å²) in [6.45, 7) is 4.68. The summed E-state index contributed by atoms with van der Waals surface area (Å²) in [4.78, 5) is 18.8. The van der Waals surface area contributed by atoms with Crippen molar-refractivity contribution < 1.29 is 4.74 Å². The van der Waals surface area contributed by atoms with E-state index in [4.69, 9.17) is 19.7 Å². The largest absolute Gasteiger partial charge is 0.422 e. The summed E-state index contributed by atoms with van der Waals surface area (Å²) < 4.78 is 7.05. The topological polar surface area (TPSA) is 51.1 Å². The minimum atomic E-state index is -0.118. The lowest BCUT2D eigenvalue weighted by molar-refractivity contribution is -0.0161. The van der Waals surface area contributed by atoms with Gasteiger partial charge in [0.15, 0.2) is 5.75 Å². The number of hydrogen-bond acceptors (Lipinski definition) is 5. The average molecular weight is 649 g/mol. The molecule has 9 aliphatic rings. The van der Waals surface area contributed by atoms with Crippen molar-refractivity contribution in [2.24, 2.45) is 35.5 Å². The molecule has 8 fully saturated rings. The third-order valence-corrected chi connectivity index (χ3v) is 14.6. The molecule has 0 saturated heterocycles. The fraction of sp³-hybridized carbons (Fsp3) is 0.523. The lowest BCUT2D eigenvalue weighted by atomic mass is 9.49. The van der Waals surface area contributed by atoms with Crippen LogP contribution in [0.4, 0.5) is 17.1 Å². The van der Waals surface area contributed by atoms with E-state index in [2.05, 4.69) is 91.5 Å². The van der Waals surface area contributed by atoms with E-state index < -0.39 is 0 Å². The average Bonchev–Trinajstić information content (AvgIpc) is 3.08. The van der Waals surface area contributed by atoms with Gasteiger partial charge in [0.25, 0.3) is 0 Å². The zero-order chi connectivity index (χ0) is 32.5. The maximum Gasteiger partial charge on any atom is 0.325 e. The van der Waals surface area contributed by atoms with Crippen LogP contribution in [0.1, 0.15) is 114 Å². The Bertz CT molecular complexity index is 1800. The predicted molar refractivity (Wildman–Crippen MR) is 193 cm³/mol. The zero-order valence-corrected chi connectivity index (χ0v) is 29.1. The Hall–Kier alpha value is -3.73. The Morgan fingerprint density at radius 3 is 1.35 bits per heavy atom. The van der Waals surface area contributed by atoms with Gasteiger partial charge in [-0.15, -0.1) is 0 Å². The smallest absolute Gasteiger partial charge is 0.325 e.